The second-order valence-electron chi connectivity index (χ2n) is 8.80. The lowest BCUT2D eigenvalue weighted by Gasteiger charge is -2.33. The van der Waals surface area contributed by atoms with Crippen molar-refractivity contribution in [2.45, 2.75) is 59.7 Å². The van der Waals surface area contributed by atoms with Gasteiger partial charge in [-0.25, -0.2) is 8.42 Å². The molecule has 1 N–H and O–H groups in total. The predicted molar refractivity (Wildman–Crippen MR) is 137 cm³/mol. The standard InChI is InChI=1S/C25H34ClN3O4S/c1-7-22(25(31)27-17(2)3)28(15-20-10-8-9-18(4)13-20)24(30)16-29(34(6,32)33)23-12-11-21(26)14-19(23)5/h8-14,17,22H,7,15-16H2,1-6H3,(H,27,31). The number of carbonyl (C=O) groups excluding carboxylic acids is 2. The van der Waals surface area contributed by atoms with Crippen LogP contribution >= 0.6 is 11.6 Å². The molecular weight excluding hydrogens is 474 g/mol. The van der Waals surface area contributed by atoms with Gasteiger partial charge in [0.2, 0.25) is 21.8 Å². The first-order valence-electron chi connectivity index (χ1n) is 11.2. The number of benzene rings is 2. The molecule has 9 heteroatoms. The fourth-order valence-electron chi connectivity index (χ4n) is 3.80. The summed E-state index contributed by atoms with van der Waals surface area (Å²) in [5, 5.41) is 3.35. The molecule has 0 bridgehead atoms. The summed E-state index contributed by atoms with van der Waals surface area (Å²) in [5.74, 6) is -0.737. The zero-order chi connectivity index (χ0) is 25.6. The highest BCUT2D eigenvalue weighted by molar-refractivity contribution is 7.92. The van der Waals surface area contributed by atoms with E-state index in [-0.39, 0.29) is 18.5 Å². The number of sulfonamides is 1. The van der Waals surface area contributed by atoms with Crippen molar-refractivity contribution in [3.63, 3.8) is 0 Å². The maximum atomic E-state index is 13.6. The van der Waals surface area contributed by atoms with Gasteiger partial charge in [-0.2, -0.15) is 0 Å². The molecule has 0 aliphatic rings. The largest absolute Gasteiger partial charge is 0.352 e. The van der Waals surface area contributed by atoms with Crippen molar-refractivity contribution in [3.8, 4) is 0 Å². The third-order valence-corrected chi connectivity index (χ3v) is 6.72. The molecule has 0 aliphatic heterocycles. The monoisotopic (exact) mass is 507 g/mol. The molecule has 34 heavy (non-hydrogen) atoms. The van der Waals surface area contributed by atoms with E-state index >= 15 is 0 Å². The highest BCUT2D eigenvalue weighted by atomic mass is 35.5. The summed E-state index contributed by atoms with van der Waals surface area (Å²) in [7, 11) is -3.79. The number of carbonyl (C=O) groups is 2. The van der Waals surface area contributed by atoms with Crippen LogP contribution in [0.2, 0.25) is 5.02 Å². The highest BCUT2D eigenvalue weighted by Gasteiger charge is 2.32. The molecule has 2 amide bonds. The van der Waals surface area contributed by atoms with Gasteiger partial charge in [0, 0.05) is 17.6 Å². The minimum absolute atomic E-state index is 0.0956. The van der Waals surface area contributed by atoms with Crippen LogP contribution in [-0.2, 0) is 26.2 Å². The van der Waals surface area contributed by atoms with Crippen molar-refractivity contribution in [1.82, 2.24) is 10.2 Å². The van der Waals surface area contributed by atoms with Crippen LogP contribution < -0.4 is 9.62 Å². The number of anilines is 1. The van der Waals surface area contributed by atoms with Gasteiger partial charge in [-0.3, -0.25) is 13.9 Å². The van der Waals surface area contributed by atoms with E-state index in [9.17, 15) is 18.0 Å². The van der Waals surface area contributed by atoms with E-state index in [0.29, 0.717) is 22.7 Å². The van der Waals surface area contributed by atoms with Crippen LogP contribution in [0.4, 0.5) is 5.69 Å². The molecule has 0 spiro atoms. The lowest BCUT2D eigenvalue weighted by Crippen LogP contribution is -2.53. The van der Waals surface area contributed by atoms with Crippen LogP contribution in [0.25, 0.3) is 0 Å². The number of aryl methyl sites for hydroxylation is 2. The molecule has 0 heterocycles. The number of amides is 2. The molecule has 0 fully saturated rings. The molecule has 0 aliphatic carbocycles. The lowest BCUT2D eigenvalue weighted by atomic mass is 10.1. The van der Waals surface area contributed by atoms with Crippen LogP contribution in [0.5, 0.6) is 0 Å². The summed E-state index contributed by atoms with van der Waals surface area (Å²) in [6, 6.07) is 11.7. The number of nitrogens with zero attached hydrogens (tertiary/aromatic N) is 2. The van der Waals surface area contributed by atoms with Gasteiger partial charge in [-0.1, -0.05) is 48.4 Å². The zero-order valence-corrected chi connectivity index (χ0v) is 22.2. The third-order valence-electron chi connectivity index (χ3n) is 5.36. The minimum Gasteiger partial charge on any atom is -0.352 e. The van der Waals surface area contributed by atoms with Crippen molar-refractivity contribution >= 4 is 39.1 Å². The number of nitrogens with one attached hydrogen (secondary N) is 1. The summed E-state index contributed by atoms with van der Waals surface area (Å²) in [6.45, 7) is 8.98. The Balaban J connectivity index is 2.48. The quantitative estimate of drug-likeness (QED) is 0.525. The smallest absolute Gasteiger partial charge is 0.244 e. The van der Waals surface area contributed by atoms with Crippen molar-refractivity contribution in [2.75, 3.05) is 17.1 Å². The Morgan fingerprint density at radius 1 is 1.09 bits per heavy atom. The predicted octanol–water partition coefficient (Wildman–Crippen LogP) is 4.05. The fourth-order valence-corrected chi connectivity index (χ4v) is 4.93. The van der Waals surface area contributed by atoms with Crippen LogP contribution in [0.15, 0.2) is 42.5 Å². The van der Waals surface area contributed by atoms with E-state index in [0.717, 1.165) is 21.7 Å². The number of halogens is 1. The van der Waals surface area contributed by atoms with Gasteiger partial charge in [0.1, 0.15) is 12.6 Å². The maximum Gasteiger partial charge on any atom is 0.244 e. The maximum absolute atomic E-state index is 13.6. The Labute approximate surface area is 208 Å². The molecule has 0 saturated heterocycles. The first-order chi connectivity index (χ1) is 15.8. The molecule has 0 radical (unpaired) electrons. The van der Waals surface area contributed by atoms with Gasteiger partial charge < -0.3 is 10.2 Å². The van der Waals surface area contributed by atoms with Gasteiger partial charge in [-0.05, 0) is 63.4 Å². The molecule has 7 nitrogen and oxygen atoms in total. The molecular formula is C25H34ClN3O4S. The average Bonchev–Trinajstić information content (AvgIpc) is 2.71. The van der Waals surface area contributed by atoms with E-state index in [1.807, 2.05) is 52.0 Å². The SMILES string of the molecule is CCC(C(=O)NC(C)C)N(Cc1cccc(C)c1)C(=O)CN(c1ccc(Cl)cc1C)S(C)(=O)=O. The third kappa shape index (κ3) is 7.46. The van der Waals surface area contributed by atoms with E-state index in [2.05, 4.69) is 5.32 Å². The van der Waals surface area contributed by atoms with Crippen LogP contribution in [-0.4, -0.2) is 50.0 Å². The molecule has 0 saturated carbocycles. The van der Waals surface area contributed by atoms with Crippen LogP contribution in [0, 0.1) is 13.8 Å². The Morgan fingerprint density at radius 3 is 2.29 bits per heavy atom. The van der Waals surface area contributed by atoms with Gasteiger partial charge in [0.15, 0.2) is 0 Å². The van der Waals surface area contributed by atoms with E-state index in [1.165, 1.54) is 4.90 Å². The molecule has 0 aromatic heterocycles. The molecule has 2 aromatic rings. The van der Waals surface area contributed by atoms with Crippen molar-refractivity contribution in [1.29, 1.82) is 0 Å². The Morgan fingerprint density at radius 2 is 1.76 bits per heavy atom. The second kappa shape index (κ2) is 11.7. The van der Waals surface area contributed by atoms with Gasteiger partial charge >= 0.3 is 0 Å². The Hall–Kier alpha value is -2.58. The van der Waals surface area contributed by atoms with Crippen LogP contribution in [0.1, 0.15) is 43.9 Å². The van der Waals surface area contributed by atoms with Gasteiger partial charge in [0.05, 0.1) is 11.9 Å². The van der Waals surface area contributed by atoms with Crippen molar-refractivity contribution in [3.05, 3.63) is 64.2 Å². The summed E-state index contributed by atoms with van der Waals surface area (Å²) < 4.78 is 26.5. The highest BCUT2D eigenvalue weighted by Crippen LogP contribution is 2.26. The van der Waals surface area contributed by atoms with E-state index in [1.54, 1.807) is 25.1 Å². The fraction of sp³-hybridized carbons (Fsp3) is 0.440. The summed E-state index contributed by atoms with van der Waals surface area (Å²) in [6.07, 6.45) is 1.44. The zero-order valence-electron chi connectivity index (χ0n) is 20.6. The first kappa shape index (κ1) is 27.7. The number of hydrogen-bond acceptors (Lipinski definition) is 4. The van der Waals surface area contributed by atoms with Gasteiger partial charge in [0.25, 0.3) is 0 Å². The number of hydrogen-bond donors (Lipinski definition) is 1. The first-order valence-corrected chi connectivity index (χ1v) is 13.4. The molecule has 1 atom stereocenters. The minimum atomic E-state index is -3.79. The van der Waals surface area contributed by atoms with Crippen molar-refractivity contribution < 1.29 is 18.0 Å². The number of rotatable bonds is 10. The molecule has 186 valence electrons. The second-order valence-corrected chi connectivity index (χ2v) is 11.1. The molecule has 2 aromatic carbocycles. The Kier molecular flexibility index (Phi) is 9.53. The topological polar surface area (TPSA) is 86.8 Å². The van der Waals surface area contributed by atoms with E-state index < -0.39 is 28.5 Å². The van der Waals surface area contributed by atoms with Crippen LogP contribution in [0.3, 0.4) is 0 Å². The average molecular weight is 508 g/mol. The van der Waals surface area contributed by atoms with E-state index in [4.69, 9.17) is 11.6 Å². The van der Waals surface area contributed by atoms with Crippen molar-refractivity contribution in [2.24, 2.45) is 0 Å². The lowest BCUT2D eigenvalue weighted by molar-refractivity contribution is -0.140. The van der Waals surface area contributed by atoms with Gasteiger partial charge in [-0.15, -0.1) is 0 Å². The summed E-state index contributed by atoms with van der Waals surface area (Å²) in [4.78, 5) is 28.1. The molecule has 1 unspecified atom stereocenters. The summed E-state index contributed by atoms with van der Waals surface area (Å²) >= 11 is 6.04. The normalized spacial score (nSPS) is 12.4. The summed E-state index contributed by atoms with van der Waals surface area (Å²) in [5.41, 5.74) is 2.88. The Bertz CT molecular complexity index is 1130. The molecule has 2 rings (SSSR count).